The first-order valence-corrected chi connectivity index (χ1v) is 8.56. The van der Waals surface area contributed by atoms with E-state index in [4.69, 9.17) is 4.74 Å². The molecule has 1 heterocycles. The van der Waals surface area contributed by atoms with Gasteiger partial charge in [0.05, 0.1) is 19.4 Å². The first-order chi connectivity index (χ1) is 13.2. The number of carbonyl (C=O) groups excluding carboxylic acids is 2. The highest BCUT2D eigenvalue weighted by Crippen LogP contribution is 2.15. The van der Waals surface area contributed by atoms with Gasteiger partial charge in [0.25, 0.3) is 11.8 Å². The van der Waals surface area contributed by atoms with Gasteiger partial charge in [-0.05, 0) is 37.3 Å². The van der Waals surface area contributed by atoms with Crippen LogP contribution in [0.15, 0.2) is 59.8 Å². The van der Waals surface area contributed by atoms with Crippen LogP contribution in [0.3, 0.4) is 0 Å². The Hall–Kier alpha value is -3.61. The summed E-state index contributed by atoms with van der Waals surface area (Å²) >= 11 is 0. The molecule has 7 nitrogen and oxygen atoms in total. The summed E-state index contributed by atoms with van der Waals surface area (Å²) in [7, 11) is 0. The molecule has 7 heteroatoms. The number of rotatable bonds is 7. The molecule has 0 spiro atoms. The SMILES string of the molecule is CCOc1ccc(C(=O)NCC(=O)N/N=C/c2c[nH]c3ccccc23)cc1. The molecule has 2 aromatic carbocycles. The van der Waals surface area contributed by atoms with Gasteiger partial charge in [-0.2, -0.15) is 5.10 Å². The minimum atomic E-state index is -0.412. The monoisotopic (exact) mass is 364 g/mol. The van der Waals surface area contributed by atoms with Crippen LogP contribution in [0.25, 0.3) is 10.9 Å². The summed E-state index contributed by atoms with van der Waals surface area (Å²) in [5.74, 6) is -0.0578. The normalized spacial score (nSPS) is 10.9. The van der Waals surface area contributed by atoms with E-state index in [2.05, 4.69) is 20.8 Å². The summed E-state index contributed by atoms with van der Waals surface area (Å²) in [5, 5.41) is 7.50. The van der Waals surface area contributed by atoms with Gasteiger partial charge in [0.1, 0.15) is 5.75 Å². The van der Waals surface area contributed by atoms with Crippen molar-refractivity contribution in [3.63, 3.8) is 0 Å². The van der Waals surface area contributed by atoms with Gasteiger partial charge in [-0.15, -0.1) is 0 Å². The smallest absolute Gasteiger partial charge is 0.259 e. The molecule has 0 aliphatic rings. The predicted molar refractivity (Wildman–Crippen MR) is 104 cm³/mol. The number of hydrogen-bond donors (Lipinski definition) is 3. The number of H-pyrrole nitrogens is 1. The number of para-hydroxylation sites is 1. The Morgan fingerprint density at radius 1 is 1.15 bits per heavy atom. The third kappa shape index (κ3) is 4.72. The fourth-order valence-corrected chi connectivity index (χ4v) is 2.55. The molecule has 0 bridgehead atoms. The van der Waals surface area contributed by atoms with E-state index in [9.17, 15) is 9.59 Å². The van der Waals surface area contributed by atoms with E-state index in [-0.39, 0.29) is 12.5 Å². The summed E-state index contributed by atoms with van der Waals surface area (Å²) in [6.45, 7) is 2.28. The maximum absolute atomic E-state index is 12.1. The van der Waals surface area contributed by atoms with Crippen molar-refractivity contribution in [3.8, 4) is 5.75 Å². The van der Waals surface area contributed by atoms with Crippen molar-refractivity contribution in [1.82, 2.24) is 15.7 Å². The molecule has 0 saturated heterocycles. The number of ether oxygens (including phenoxy) is 1. The number of hydrogen-bond acceptors (Lipinski definition) is 4. The number of carbonyl (C=O) groups is 2. The highest BCUT2D eigenvalue weighted by molar-refractivity contribution is 5.99. The Morgan fingerprint density at radius 3 is 2.70 bits per heavy atom. The quantitative estimate of drug-likeness (QED) is 0.444. The van der Waals surface area contributed by atoms with Gasteiger partial charge in [0.2, 0.25) is 0 Å². The Bertz CT molecular complexity index is 961. The van der Waals surface area contributed by atoms with E-state index in [0.717, 1.165) is 16.5 Å². The zero-order valence-electron chi connectivity index (χ0n) is 14.9. The average Bonchev–Trinajstić information content (AvgIpc) is 3.10. The van der Waals surface area contributed by atoms with Crippen molar-refractivity contribution in [2.75, 3.05) is 13.2 Å². The van der Waals surface area contributed by atoms with Gasteiger partial charge >= 0.3 is 0 Å². The third-order valence-electron chi connectivity index (χ3n) is 3.85. The highest BCUT2D eigenvalue weighted by atomic mass is 16.5. The molecule has 1 aromatic heterocycles. The van der Waals surface area contributed by atoms with Gasteiger partial charge in [0, 0.05) is 28.2 Å². The van der Waals surface area contributed by atoms with Crippen LogP contribution in [0.4, 0.5) is 0 Å². The molecule has 0 atom stereocenters. The number of aromatic nitrogens is 1. The third-order valence-corrected chi connectivity index (χ3v) is 3.85. The van der Waals surface area contributed by atoms with Crippen LogP contribution >= 0.6 is 0 Å². The molecular formula is C20H20N4O3. The molecule has 27 heavy (non-hydrogen) atoms. The minimum Gasteiger partial charge on any atom is -0.494 e. The Labute approximate surface area is 156 Å². The number of nitrogens with one attached hydrogen (secondary N) is 3. The number of amides is 2. The summed E-state index contributed by atoms with van der Waals surface area (Å²) in [6, 6.07) is 14.5. The topological polar surface area (TPSA) is 95.6 Å². The lowest BCUT2D eigenvalue weighted by molar-refractivity contribution is -0.120. The van der Waals surface area contributed by atoms with E-state index >= 15 is 0 Å². The summed E-state index contributed by atoms with van der Waals surface area (Å²) in [4.78, 5) is 27.0. The fraction of sp³-hybridized carbons (Fsp3) is 0.150. The van der Waals surface area contributed by atoms with Crippen LogP contribution < -0.4 is 15.5 Å². The second-order valence-electron chi connectivity index (χ2n) is 5.72. The minimum absolute atomic E-state index is 0.169. The van der Waals surface area contributed by atoms with Gasteiger partial charge in [-0.3, -0.25) is 9.59 Å². The number of aromatic amines is 1. The van der Waals surface area contributed by atoms with Crippen molar-refractivity contribution < 1.29 is 14.3 Å². The zero-order valence-corrected chi connectivity index (χ0v) is 14.9. The Kier molecular flexibility index (Phi) is 5.84. The molecule has 0 aliphatic carbocycles. The van der Waals surface area contributed by atoms with Gasteiger partial charge in [-0.1, -0.05) is 18.2 Å². The Morgan fingerprint density at radius 2 is 1.93 bits per heavy atom. The predicted octanol–water partition coefficient (Wildman–Crippen LogP) is 2.45. The van der Waals surface area contributed by atoms with Crippen molar-refractivity contribution in [2.45, 2.75) is 6.92 Å². The van der Waals surface area contributed by atoms with E-state index in [1.165, 1.54) is 0 Å². The van der Waals surface area contributed by atoms with Crippen LogP contribution in [0.2, 0.25) is 0 Å². The van der Waals surface area contributed by atoms with E-state index < -0.39 is 5.91 Å². The molecule has 3 N–H and O–H groups in total. The number of hydrazone groups is 1. The standard InChI is InChI=1S/C20H20N4O3/c1-2-27-16-9-7-14(8-10-16)20(26)22-13-19(25)24-23-12-15-11-21-18-6-4-3-5-17(15)18/h3-12,21H,2,13H2,1H3,(H,22,26)(H,24,25)/b23-12+. The molecule has 138 valence electrons. The molecule has 2 amide bonds. The van der Waals surface area contributed by atoms with Gasteiger partial charge < -0.3 is 15.0 Å². The van der Waals surface area contributed by atoms with E-state index in [1.54, 1.807) is 30.5 Å². The van der Waals surface area contributed by atoms with Crippen molar-refractivity contribution in [2.24, 2.45) is 5.10 Å². The number of fused-ring (bicyclic) bond motifs is 1. The largest absolute Gasteiger partial charge is 0.494 e. The summed E-state index contributed by atoms with van der Waals surface area (Å²) < 4.78 is 5.33. The first-order valence-electron chi connectivity index (χ1n) is 8.56. The highest BCUT2D eigenvalue weighted by Gasteiger charge is 2.08. The van der Waals surface area contributed by atoms with Crippen molar-refractivity contribution in [3.05, 3.63) is 65.9 Å². The molecule has 3 aromatic rings. The zero-order chi connectivity index (χ0) is 19.1. The molecule has 0 saturated carbocycles. The van der Waals surface area contributed by atoms with Crippen LogP contribution in [-0.2, 0) is 4.79 Å². The van der Waals surface area contributed by atoms with Gasteiger partial charge in [0.15, 0.2) is 0 Å². The lowest BCUT2D eigenvalue weighted by atomic mass is 10.2. The van der Waals surface area contributed by atoms with Crippen LogP contribution in [-0.4, -0.2) is 36.2 Å². The molecule has 0 fully saturated rings. The van der Waals surface area contributed by atoms with Crippen molar-refractivity contribution >= 4 is 28.9 Å². The number of nitrogens with zero attached hydrogens (tertiary/aromatic N) is 1. The second kappa shape index (κ2) is 8.66. The molecular weight excluding hydrogens is 344 g/mol. The fourth-order valence-electron chi connectivity index (χ4n) is 2.55. The molecule has 0 aliphatic heterocycles. The van der Waals surface area contributed by atoms with Crippen LogP contribution in [0.5, 0.6) is 5.75 Å². The maximum Gasteiger partial charge on any atom is 0.259 e. The lowest BCUT2D eigenvalue weighted by Gasteiger charge is -2.06. The van der Waals surface area contributed by atoms with Crippen LogP contribution in [0, 0.1) is 0 Å². The first kappa shape index (κ1) is 18.2. The number of benzene rings is 2. The second-order valence-corrected chi connectivity index (χ2v) is 5.72. The lowest BCUT2D eigenvalue weighted by Crippen LogP contribution is -2.34. The van der Waals surface area contributed by atoms with E-state index in [1.807, 2.05) is 37.4 Å². The average molecular weight is 364 g/mol. The molecule has 0 unspecified atom stereocenters. The summed E-state index contributed by atoms with van der Waals surface area (Å²) in [5.41, 5.74) is 4.71. The maximum atomic E-state index is 12.1. The van der Waals surface area contributed by atoms with Crippen LogP contribution in [0.1, 0.15) is 22.8 Å². The van der Waals surface area contributed by atoms with Gasteiger partial charge in [-0.25, -0.2) is 5.43 Å². The Balaban J connectivity index is 1.48. The summed E-state index contributed by atoms with van der Waals surface area (Å²) in [6.07, 6.45) is 3.37. The molecule has 3 rings (SSSR count). The van der Waals surface area contributed by atoms with Crippen molar-refractivity contribution in [1.29, 1.82) is 0 Å². The van der Waals surface area contributed by atoms with E-state index in [0.29, 0.717) is 17.9 Å². The molecule has 0 radical (unpaired) electrons.